The van der Waals surface area contributed by atoms with Crippen molar-refractivity contribution >= 4 is 38.0 Å². The lowest BCUT2D eigenvalue weighted by molar-refractivity contribution is 0.604. The van der Waals surface area contributed by atoms with Crippen molar-refractivity contribution in [3.8, 4) is 33.6 Å². The normalized spacial score (nSPS) is 16.4. The number of hydrogen-bond donors (Lipinski definition) is 0. The topological polar surface area (TPSA) is 63.2 Å². The average molecular weight is 770 g/mol. The Morgan fingerprint density at radius 3 is 1.83 bits per heavy atom. The number of benzene rings is 6. The molecule has 0 fully saturated rings. The van der Waals surface area contributed by atoms with Gasteiger partial charge in [-0.05, 0) is 107 Å². The highest BCUT2D eigenvalue weighted by Gasteiger charge is 2.35. The summed E-state index contributed by atoms with van der Waals surface area (Å²) < 4.78 is 27.1. The summed E-state index contributed by atoms with van der Waals surface area (Å²) in [5, 5.41) is 0. The van der Waals surface area contributed by atoms with Crippen molar-refractivity contribution in [3.63, 3.8) is 0 Å². The van der Waals surface area contributed by atoms with E-state index >= 15 is 0 Å². The van der Waals surface area contributed by atoms with Gasteiger partial charge in [-0.15, -0.1) is 0 Å². The van der Waals surface area contributed by atoms with Crippen LogP contribution in [0, 0.1) is 0 Å². The Balaban J connectivity index is 0.930. The van der Waals surface area contributed by atoms with Crippen LogP contribution < -0.4 is 4.90 Å². The highest BCUT2D eigenvalue weighted by atomic mass is 32.2. The molecular formula is C52H39N3O2S. The molecule has 5 nitrogen and oxygen atoms in total. The minimum absolute atomic E-state index is 0.0549. The standard InChI is InChI=1S/C52H39N3O2S/c56-58(57)50-22-11-10-21-46(50)47-32-29-42(34-51(47)58)41-17-12-20-45(33-41)55(43-18-8-3-9-19-43)44-30-27-37(28-31-44)36-23-25-40(26-24-36)52-53-48(38-13-4-1-5-14-38)35-49(54-52)39-15-6-2-7-16-39/h1-9,11-20,22-25,27-35,40H,10,21,26H2. The van der Waals surface area contributed by atoms with E-state index in [2.05, 4.69) is 102 Å². The first-order valence-corrected chi connectivity index (χ1v) is 21.2. The molecule has 1 unspecified atom stereocenters. The highest BCUT2D eigenvalue weighted by Crippen LogP contribution is 2.46. The van der Waals surface area contributed by atoms with Crippen molar-refractivity contribution in [2.75, 3.05) is 4.90 Å². The van der Waals surface area contributed by atoms with Gasteiger partial charge in [-0.2, -0.15) is 0 Å². The monoisotopic (exact) mass is 769 g/mol. The molecule has 10 rings (SSSR count). The van der Waals surface area contributed by atoms with Crippen LogP contribution >= 0.6 is 0 Å². The van der Waals surface area contributed by atoms with Gasteiger partial charge in [0, 0.05) is 34.1 Å². The second-order valence-corrected chi connectivity index (χ2v) is 16.7. The Labute approximate surface area is 339 Å². The van der Waals surface area contributed by atoms with Gasteiger partial charge in [0.25, 0.3) is 0 Å². The lowest BCUT2D eigenvalue weighted by Gasteiger charge is -2.26. The molecule has 6 heteroatoms. The summed E-state index contributed by atoms with van der Waals surface area (Å²) >= 11 is 0. The number of para-hydroxylation sites is 1. The molecular weight excluding hydrogens is 731 g/mol. The van der Waals surface area contributed by atoms with Crippen LogP contribution in [0.2, 0.25) is 0 Å². The minimum Gasteiger partial charge on any atom is -0.310 e. The van der Waals surface area contributed by atoms with Gasteiger partial charge in [0.1, 0.15) is 5.82 Å². The molecule has 1 atom stereocenters. The van der Waals surface area contributed by atoms with Crippen LogP contribution in [0.3, 0.4) is 0 Å². The molecule has 3 aliphatic rings. The Hall–Kier alpha value is -6.89. The molecule has 1 aliphatic heterocycles. The molecule has 6 aromatic carbocycles. The number of anilines is 3. The Morgan fingerprint density at radius 1 is 0.552 bits per heavy atom. The molecule has 2 heterocycles. The summed E-state index contributed by atoms with van der Waals surface area (Å²) in [5.74, 6) is 0.872. The number of hydrogen-bond acceptors (Lipinski definition) is 5. The van der Waals surface area contributed by atoms with Crippen molar-refractivity contribution in [1.82, 2.24) is 9.97 Å². The smallest absolute Gasteiger partial charge is 0.207 e. The second-order valence-electron chi connectivity index (χ2n) is 14.9. The fourth-order valence-electron chi connectivity index (χ4n) is 8.28. The molecule has 58 heavy (non-hydrogen) atoms. The molecule has 7 aromatic rings. The van der Waals surface area contributed by atoms with E-state index in [4.69, 9.17) is 9.97 Å². The number of aromatic nitrogens is 2. The van der Waals surface area contributed by atoms with Gasteiger partial charge < -0.3 is 4.90 Å². The number of sulfone groups is 1. The predicted molar refractivity (Wildman–Crippen MR) is 236 cm³/mol. The fourth-order valence-corrected chi connectivity index (χ4v) is 10.1. The van der Waals surface area contributed by atoms with Crippen LogP contribution in [0.1, 0.15) is 42.1 Å². The first kappa shape index (κ1) is 35.5. The summed E-state index contributed by atoms with van der Waals surface area (Å²) in [6, 6.07) is 55.9. The maximum atomic E-state index is 13.6. The minimum atomic E-state index is -3.54. The summed E-state index contributed by atoms with van der Waals surface area (Å²) in [6.45, 7) is 0. The van der Waals surface area contributed by atoms with Gasteiger partial charge in [0.2, 0.25) is 9.84 Å². The van der Waals surface area contributed by atoms with Gasteiger partial charge in [-0.1, -0.05) is 140 Å². The lowest BCUT2D eigenvalue weighted by atomic mass is 9.92. The molecule has 0 radical (unpaired) electrons. The van der Waals surface area contributed by atoms with Gasteiger partial charge in [-0.3, -0.25) is 0 Å². The third-order valence-corrected chi connectivity index (χ3v) is 13.1. The van der Waals surface area contributed by atoms with Crippen molar-refractivity contribution < 1.29 is 8.42 Å². The number of fused-ring (bicyclic) bond motifs is 2. The largest absolute Gasteiger partial charge is 0.310 e. The van der Waals surface area contributed by atoms with Crippen LogP contribution in [-0.2, 0) is 9.84 Å². The highest BCUT2D eigenvalue weighted by molar-refractivity contribution is 7.96. The van der Waals surface area contributed by atoms with Gasteiger partial charge in [0.15, 0.2) is 0 Å². The molecule has 0 saturated carbocycles. The Morgan fingerprint density at radius 2 is 1.16 bits per heavy atom. The van der Waals surface area contributed by atoms with Crippen LogP contribution in [0.5, 0.6) is 0 Å². The van der Waals surface area contributed by atoms with Crippen LogP contribution in [0.15, 0.2) is 204 Å². The van der Waals surface area contributed by atoms with Crippen LogP contribution in [0.4, 0.5) is 17.1 Å². The molecule has 2 aliphatic carbocycles. The maximum Gasteiger partial charge on any atom is 0.207 e. The molecule has 0 bridgehead atoms. The molecule has 0 amide bonds. The summed E-state index contributed by atoms with van der Waals surface area (Å²) in [4.78, 5) is 13.3. The molecule has 0 N–H and O–H groups in total. The van der Waals surface area contributed by atoms with Gasteiger partial charge in [-0.25, -0.2) is 18.4 Å². The van der Waals surface area contributed by atoms with Crippen molar-refractivity contribution in [2.45, 2.75) is 30.1 Å². The van der Waals surface area contributed by atoms with E-state index in [-0.39, 0.29) is 5.92 Å². The summed E-state index contributed by atoms with van der Waals surface area (Å²) in [7, 11) is -3.54. The quantitative estimate of drug-likeness (QED) is 0.154. The number of allylic oxidation sites excluding steroid dienone is 7. The SMILES string of the molecule is O=S1(=O)C2=C(CCC=C2)c2ccc(-c3cccc(N(c4ccccc4)c4ccc(C5=CCC(c6nc(-c7ccccc7)cc(-c7ccccc7)n6)C=C5)cc4)c3)cc21. The second kappa shape index (κ2) is 14.9. The van der Waals surface area contributed by atoms with Crippen LogP contribution in [-0.4, -0.2) is 18.4 Å². The van der Waals surface area contributed by atoms with E-state index in [1.54, 1.807) is 6.08 Å². The molecule has 0 spiro atoms. The fraction of sp³-hybridized carbons (Fsp3) is 0.0769. The zero-order valence-electron chi connectivity index (χ0n) is 31.7. The molecule has 0 saturated heterocycles. The van der Waals surface area contributed by atoms with Gasteiger partial charge in [0.05, 0.1) is 21.2 Å². The first-order valence-electron chi connectivity index (χ1n) is 19.7. The Bertz CT molecular complexity index is 2860. The van der Waals surface area contributed by atoms with E-state index in [0.29, 0.717) is 9.80 Å². The predicted octanol–water partition coefficient (Wildman–Crippen LogP) is 12.9. The van der Waals surface area contributed by atoms with E-state index < -0.39 is 9.84 Å². The summed E-state index contributed by atoms with van der Waals surface area (Å²) in [5.41, 5.74) is 12.9. The Kier molecular flexibility index (Phi) is 9.11. The zero-order chi connectivity index (χ0) is 39.1. The van der Waals surface area contributed by atoms with E-state index in [9.17, 15) is 8.42 Å². The third-order valence-electron chi connectivity index (χ3n) is 11.2. The van der Waals surface area contributed by atoms with Crippen molar-refractivity contribution in [2.24, 2.45) is 0 Å². The van der Waals surface area contributed by atoms with E-state index in [0.717, 1.165) is 98.1 Å². The zero-order valence-corrected chi connectivity index (χ0v) is 32.6. The van der Waals surface area contributed by atoms with Crippen LogP contribution in [0.25, 0.3) is 44.8 Å². The maximum absolute atomic E-state index is 13.6. The third kappa shape index (κ3) is 6.61. The molecule has 1 aromatic heterocycles. The first-order chi connectivity index (χ1) is 28.5. The molecule has 280 valence electrons. The summed E-state index contributed by atoms with van der Waals surface area (Å²) in [6.07, 6.45) is 12.9. The lowest BCUT2D eigenvalue weighted by Crippen LogP contribution is -2.10. The van der Waals surface area contributed by atoms with Gasteiger partial charge >= 0.3 is 0 Å². The van der Waals surface area contributed by atoms with E-state index in [1.165, 1.54) is 0 Å². The number of nitrogens with zero attached hydrogens (tertiary/aromatic N) is 3. The van der Waals surface area contributed by atoms with Crippen molar-refractivity contribution in [1.29, 1.82) is 0 Å². The van der Waals surface area contributed by atoms with Crippen molar-refractivity contribution in [3.05, 3.63) is 216 Å². The van der Waals surface area contributed by atoms with E-state index in [1.807, 2.05) is 91.0 Å². The average Bonchev–Trinajstić information content (AvgIpc) is 3.53. The number of rotatable bonds is 8.